The third-order valence-corrected chi connectivity index (χ3v) is 32.5. The minimum Gasteiger partial charge on any atom is -0.0651 e. The fraction of sp³-hybridized carbons (Fsp3) is 0.455. The second-order valence-corrected chi connectivity index (χ2v) is 42.2. The van der Waals surface area contributed by atoms with Crippen LogP contribution in [-0.4, -0.2) is 0 Å². The molecule has 0 aromatic heterocycles. The molecule has 0 heterocycles. The smallest absolute Gasteiger partial charge is 0.00258 e. The molecule has 0 radical (unpaired) electrons. The highest BCUT2D eigenvalue weighted by molar-refractivity contribution is 5.65. The van der Waals surface area contributed by atoms with Gasteiger partial charge in [0.2, 0.25) is 0 Å². The summed E-state index contributed by atoms with van der Waals surface area (Å²) in [5.41, 5.74) is 33.4. The Morgan fingerprint density at radius 2 is 0.318 bits per heavy atom. The molecule has 0 saturated heterocycles. The Morgan fingerprint density at radius 3 is 0.523 bits per heavy atom. The molecule has 6 aliphatic carbocycles. The summed E-state index contributed by atoms with van der Waals surface area (Å²) < 4.78 is 0. The second kappa shape index (κ2) is 53.1. The highest BCUT2D eigenvalue weighted by Gasteiger charge is 2.33. The van der Waals surface area contributed by atoms with E-state index in [4.69, 9.17) is 0 Å². The van der Waals surface area contributed by atoms with Crippen molar-refractivity contribution in [2.45, 2.75) is 326 Å². The van der Waals surface area contributed by atoms with E-state index in [0.717, 1.165) is 110 Å². The van der Waals surface area contributed by atoms with Gasteiger partial charge in [-0.3, -0.25) is 0 Å². The first-order valence-electron chi connectivity index (χ1n) is 53.3. The van der Waals surface area contributed by atoms with Crippen LogP contribution in [0.3, 0.4) is 0 Å². The number of aryl methyl sites for hydroxylation is 9. The van der Waals surface area contributed by atoms with Crippen LogP contribution in [-0.2, 0) is 57.8 Å². The largest absolute Gasteiger partial charge is 0.0651 e. The van der Waals surface area contributed by atoms with Crippen molar-refractivity contribution in [3.05, 3.63) is 402 Å². The van der Waals surface area contributed by atoms with Gasteiger partial charge in [-0.05, 0) is 399 Å². The lowest BCUT2D eigenvalue weighted by Gasteiger charge is -2.38. The maximum absolute atomic E-state index is 2.38. The van der Waals surface area contributed by atoms with Gasteiger partial charge in [-0.15, -0.1) is 0 Å². The molecule has 0 spiro atoms. The zero-order valence-electron chi connectivity index (χ0n) is 84.1. The van der Waals surface area contributed by atoms with E-state index in [0.29, 0.717) is 0 Å². The van der Waals surface area contributed by atoms with Gasteiger partial charge in [-0.1, -0.05) is 411 Å². The SMILES string of the molecule is CCC1CCC(C2CCC(CC)CC2)CC1.CCc1ccc(-c2ccc(CC)cc2)cc1.CCc1ccc(C2CCC(CC)CC2)cc1.Cc1ccc(CC2CCC(C3CCC(Cc4ccc(C)cc4)CC3)CC2)cc1.Cc1ccc(Cc2ccc(-c3ccc(Cc4ccc(C)cc4)cc3)cc2)cc1.Cc1ccc(Cc2ccc(C3CCC(Cc4ccc(C)cc4)CC3)cc2)cc1. The van der Waals surface area contributed by atoms with Crippen LogP contribution in [0.2, 0.25) is 0 Å². The molecule has 696 valence electrons. The highest BCUT2D eigenvalue weighted by Crippen LogP contribution is 2.46. The quantitative estimate of drug-likeness (QED) is 0.0566. The first-order chi connectivity index (χ1) is 64.4. The van der Waals surface area contributed by atoms with Crippen molar-refractivity contribution in [2.75, 3.05) is 0 Å². The first kappa shape index (κ1) is 100. The Hall–Kier alpha value is -9.36. The topological polar surface area (TPSA) is 0 Å². The van der Waals surface area contributed by atoms with Crippen LogP contribution < -0.4 is 0 Å². The number of rotatable bonds is 24. The zero-order chi connectivity index (χ0) is 92.2. The normalized spacial score (nSPS) is 21.7. The van der Waals surface area contributed by atoms with E-state index in [9.17, 15) is 0 Å². The molecule has 18 rings (SSSR count). The van der Waals surface area contributed by atoms with Gasteiger partial charge in [-0.2, -0.15) is 0 Å². The molecular weight excluding hydrogens is 1590 g/mol. The molecular formula is C132H168. The number of benzene rings is 12. The van der Waals surface area contributed by atoms with Gasteiger partial charge >= 0.3 is 0 Å². The average molecular weight is 1750 g/mol. The minimum atomic E-state index is 0.752. The van der Waals surface area contributed by atoms with Gasteiger partial charge in [0.25, 0.3) is 0 Å². The fourth-order valence-electron chi connectivity index (χ4n) is 22.9. The van der Waals surface area contributed by atoms with E-state index in [1.54, 1.807) is 47.9 Å². The Balaban J connectivity index is 0.000000137. The van der Waals surface area contributed by atoms with Crippen molar-refractivity contribution in [1.82, 2.24) is 0 Å². The Morgan fingerprint density at radius 1 is 0.159 bits per heavy atom. The summed E-state index contributed by atoms with van der Waals surface area (Å²) in [4.78, 5) is 0. The minimum absolute atomic E-state index is 0.752. The molecule has 0 heteroatoms. The molecule has 0 N–H and O–H groups in total. The van der Waals surface area contributed by atoms with E-state index >= 15 is 0 Å². The van der Waals surface area contributed by atoms with Crippen molar-refractivity contribution in [2.24, 2.45) is 59.2 Å². The first-order valence-corrected chi connectivity index (χ1v) is 53.3. The van der Waals surface area contributed by atoms with E-state index in [1.807, 2.05) is 0 Å². The standard InChI is InChI=1S/C28H38.C28H32.C28H26.C16H30.C16H24.C16H18/c3*1-21-3-7-23(8-4-21)19-25-11-15-27(16-12-25)28-17-13-26(14-18-28)20-24-9-5-22(2)6-10-24;3*1-3-13-5-9-15(10-6-13)16-11-7-14(4-2)8-12-16/h3-10,25-28H,11-20H2,1-2H3;3-12,15-16,26,28H,13-14,17-20H2,1-2H3;3-18H,19-20H2,1-2H3;13-16H,3-12H2,1-2H3;5-6,9-10,14,16H,3-4,7-8,11-12H2,1-2H3;5-12H,3-4H2,1-2H3. The summed E-state index contributed by atoms with van der Waals surface area (Å²) in [7, 11) is 0. The van der Waals surface area contributed by atoms with Gasteiger partial charge in [0.1, 0.15) is 0 Å². The van der Waals surface area contributed by atoms with Gasteiger partial charge in [0.15, 0.2) is 0 Å². The van der Waals surface area contributed by atoms with Gasteiger partial charge in [0.05, 0.1) is 0 Å². The second-order valence-electron chi connectivity index (χ2n) is 42.2. The summed E-state index contributed by atoms with van der Waals surface area (Å²) in [6, 6.07) is 108. The fourth-order valence-corrected chi connectivity index (χ4v) is 22.9. The molecule has 132 heavy (non-hydrogen) atoms. The van der Waals surface area contributed by atoms with E-state index in [-0.39, 0.29) is 0 Å². The summed E-state index contributed by atoms with van der Waals surface area (Å²) in [6.45, 7) is 26.6. The molecule has 6 aliphatic rings. The lowest BCUT2D eigenvalue weighted by atomic mass is 9.68. The third kappa shape index (κ3) is 32.5. The zero-order valence-corrected chi connectivity index (χ0v) is 84.1. The molecule has 0 unspecified atom stereocenters. The molecule has 0 atom stereocenters. The van der Waals surface area contributed by atoms with Crippen LogP contribution in [0.1, 0.15) is 338 Å². The molecule has 0 amide bonds. The van der Waals surface area contributed by atoms with Gasteiger partial charge in [0, 0.05) is 0 Å². The van der Waals surface area contributed by atoms with Crippen molar-refractivity contribution in [3.63, 3.8) is 0 Å². The van der Waals surface area contributed by atoms with E-state index in [2.05, 4.69) is 374 Å². The predicted octanol–water partition coefficient (Wildman–Crippen LogP) is 37.1. The van der Waals surface area contributed by atoms with Crippen molar-refractivity contribution >= 4 is 0 Å². The van der Waals surface area contributed by atoms with Crippen LogP contribution >= 0.6 is 0 Å². The molecule has 6 fully saturated rings. The lowest BCUT2D eigenvalue weighted by molar-refractivity contribution is 0.144. The van der Waals surface area contributed by atoms with Gasteiger partial charge in [-0.25, -0.2) is 0 Å². The molecule has 12 aromatic carbocycles. The van der Waals surface area contributed by atoms with Crippen LogP contribution in [0.15, 0.2) is 291 Å². The van der Waals surface area contributed by atoms with Crippen LogP contribution in [0.25, 0.3) is 22.3 Å². The molecule has 0 aliphatic heterocycles. The summed E-state index contributed by atoms with van der Waals surface area (Å²) in [5.74, 6) is 11.7. The molecule has 0 nitrogen and oxygen atoms in total. The van der Waals surface area contributed by atoms with Crippen molar-refractivity contribution < 1.29 is 0 Å². The lowest BCUT2D eigenvalue weighted by Crippen LogP contribution is -2.26. The molecule has 12 aromatic rings. The third-order valence-electron chi connectivity index (χ3n) is 32.5. The molecule has 6 saturated carbocycles. The highest BCUT2D eigenvalue weighted by atomic mass is 14.4. The maximum Gasteiger partial charge on any atom is -0.00258 e. The Labute approximate surface area is 804 Å². The van der Waals surface area contributed by atoms with E-state index < -0.39 is 0 Å². The van der Waals surface area contributed by atoms with Crippen LogP contribution in [0.5, 0.6) is 0 Å². The Bertz CT molecular complexity index is 4910. The predicted molar refractivity (Wildman–Crippen MR) is 573 cm³/mol. The summed E-state index contributed by atoms with van der Waals surface area (Å²) in [6.07, 6.45) is 49.7. The van der Waals surface area contributed by atoms with Crippen molar-refractivity contribution in [1.29, 1.82) is 0 Å². The summed E-state index contributed by atoms with van der Waals surface area (Å²) in [5, 5.41) is 0. The van der Waals surface area contributed by atoms with Crippen molar-refractivity contribution in [3.8, 4) is 22.3 Å². The van der Waals surface area contributed by atoms with Gasteiger partial charge < -0.3 is 0 Å². The van der Waals surface area contributed by atoms with E-state index in [1.165, 1.54) is 278 Å². The van der Waals surface area contributed by atoms with Crippen LogP contribution in [0.4, 0.5) is 0 Å². The average Bonchev–Trinajstić information content (AvgIpc) is 0.841. The Kier molecular flexibility index (Phi) is 40.2. The molecule has 0 bridgehead atoms. The van der Waals surface area contributed by atoms with Crippen LogP contribution in [0, 0.1) is 101 Å². The number of hydrogen-bond donors (Lipinski definition) is 0. The summed E-state index contributed by atoms with van der Waals surface area (Å²) >= 11 is 0. The monoisotopic (exact) mass is 1750 g/mol. The number of hydrogen-bond acceptors (Lipinski definition) is 0. The maximum atomic E-state index is 2.38.